The van der Waals surface area contributed by atoms with E-state index >= 15 is 0 Å². The molecule has 1 aliphatic rings. The zero-order valence-corrected chi connectivity index (χ0v) is 12.8. The smallest absolute Gasteiger partial charge is 0.0113 e. The molecule has 2 aromatic rings. The van der Waals surface area contributed by atoms with Crippen molar-refractivity contribution in [2.75, 3.05) is 0 Å². The lowest BCUT2D eigenvalue weighted by Gasteiger charge is -2.37. The highest BCUT2D eigenvalue weighted by molar-refractivity contribution is 8.53. The van der Waals surface area contributed by atoms with Gasteiger partial charge in [-0.05, 0) is 42.0 Å². The van der Waals surface area contributed by atoms with Gasteiger partial charge in [-0.3, -0.25) is 0 Å². The van der Waals surface area contributed by atoms with E-state index in [1.54, 1.807) is 0 Å². The Hall–Kier alpha value is -1.44. The predicted molar refractivity (Wildman–Crippen MR) is 89.3 cm³/mol. The van der Waals surface area contributed by atoms with E-state index in [2.05, 4.69) is 66.8 Å². The van der Waals surface area contributed by atoms with Crippen molar-refractivity contribution in [3.8, 4) is 0 Å². The van der Waals surface area contributed by atoms with Gasteiger partial charge in [0.1, 0.15) is 0 Å². The summed E-state index contributed by atoms with van der Waals surface area (Å²) in [5.74, 6) is 0. The molecule has 0 radical (unpaired) electrons. The molecular weight excluding hydrogens is 284 g/mol. The summed E-state index contributed by atoms with van der Waals surface area (Å²) in [7, 11) is 5.63. The third kappa shape index (κ3) is 2.44. The molecule has 0 spiro atoms. The van der Waals surface area contributed by atoms with Gasteiger partial charge in [0.25, 0.3) is 0 Å². The largest absolute Gasteiger partial charge is 0.0848 e. The number of allylic oxidation sites excluding steroid dienone is 4. The lowest BCUT2D eigenvalue weighted by Crippen LogP contribution is -2.00. The summed E-state index contributed by atoms with van der Waals surface area (Å²) in [6.07, 6.45) is 8.66. The Kier molecular flexibility index (Phi) is 4.00. The average Bonchev–Trinajstić information content (AvgIpc) is 2.56. The van der Waals surface area contributed by atoms with Crippen molar-refractivity contribution in [1.82, 2.24) is 0 Å². The Morgan fingerprint density at radius 3 is 1.80 bits per heavy atom. The molecular formula is C18H17ClS. The van der Waals surface area contributed by atoms with Crippen LogP contribution in [0, 0.1) is 0 Å². The van der Waals surface area contributed by atoms with Crippen molar-refractivity contribution in [2.45, 2.75) is 22.6 Å². The third-order valence-corrected chi connectivity index (χ3v) is 8.04. The summed E-state index contributed by atoms with van der Waals surface area (Å²) in [4.78, 5) is 3.78. The predicted octanol–water partition coefficient (Wildman–Crippen LogP) is 6.30. The lowest BCUT2D eigenvalue weighted by molar-refractivity contribution is 1.01. The van der Waals surface area contributed by atoms with Crippen LogP contribution in [0.2, 0.25) is 0 Å². The molecule has 0 atom stereocenters. The maximum Gasteiger partial charge on any atom is 0.0113 e. The molecule has 2 aromatic carbocycles. The first-order valence-corrected chi connectivity index (χ1v) is 9.26. The van der Waals surface area contributed by atoms with E-state index in [1.807, 2.05) is 12.1 Å². The van der Waals surface area contributed by atoms with Crippen LogP contribution in [0.3, 0.4) is 0 Å². The van der Waals surface area contributed by atoms with Crippen LogP contribution in [-0.4, -0.2) is 0 Å². The Balaban J connectivity index is 2.18. The molecule has 0 saturated carbocycles. The molecule has 0 unspecified atom stereocenters. The standard InChI is InChI=1S/C18H17ClS/c19-20(16-10-4-1-5-11-16,17-12-6-2-7-13-17)18-14-8-3-9-15-18/h1-8,10-14H,9,15H2. The fourth-order valence-electron chi connectivity index (χ4n) is 2.47. The van der Waals surface area contributed by atoms with E-state index in [9.17, 15) is 0 Å². The number of halogens is 1. The second-order valence-electron chi connectivity index (χ2n) is 4.76. The summed E-state index contributed by atoms with van der Waals surface area (Å²) in [5, 5.41) is 0. The van der Waals surface area contributed by atoms with E-state index in [0.29, 0.717) is 0 Å². The Labute approximate surface area is 126 Å². The highest BCUT2D eigenvalue weighted by atomic mass is 35.7. The lowest BCUT2D eigenvalue weighted by atomic mass is 10.2. The molecule has 3 rings (SSSR count). The molecule has 1 aliphatic carbocycles. The fraction of sp³-hybridized carbons (Fsp3) is 0.111. The van der Waals surface area contributed by atoms with Gasteiger partial charge in [-0.15, -0.1) is 0 Å². The van der Waals surface area contributed by atoms with E-state index in [1.165, 1.54) is 14.7 Å². The van der Waals surface area contributed by atoms with Gasteiger partial charge in [0, 0.05) is 9.79 Å². The molecule has 0 aliphatic heterocycles. The highest BCUT2D eigenvalue weighted by Gasteiger charge is 2.30. The van der Waals surface area contributed by atoms with Crippen LogP contribution in [0.15, 0.2) is 93.6 Å². The Bertz CT molecular complexity index is 589. The van der Waals surface area contributed by atoms with Crippen LogP contribution < -0.4 is 0 Å². The van der Waals surface area contributed by atoms with Crippen LogP contribution in [0.1, 0.15) is 12.8 Å². The molecule has 0 aromatic heterocycles. The maximum absolute atomic E-state index is 7.25. The molecule has 0 amide bonds. The first-order chi connectivity index (χ1) is 9.82. The normalized spacial score (nSPS) is 15.8. The van der Waals surface area contributed by atoms with Gasteiger partial charge in [0.05, 0.1) is 0 Å². The monoisotopic (exact) mass is 300 g/mol. The summed E-state index contributed by atoms with van der Waals surface area (Å²) in [5.41, 5.74) is 0. The summed E-state index contributed by atoms with van der Waals surface area (Å²) in [6.45, 7) is 0. The van der Waals surface area contributed by atoms with Crippen molar-refractivity contribution in [3.63, 3.8) is 0 Å². The SMILES string of the molecule is ClS(C1=CC=CCC1)(c1ccccc1)c1ccccc1. The minimum Gasteiger partial charge on any atom is -0.0848 e. The van der Waals surface area contributed by atoms with Crippen LogP contribution in [0.25, 0.3) is 0 Å². The number of hydrogen-bond donors (Lipinski definition) is 0. The van der Waals surface area contributed by atoms with E-state index in [4.69, 9.17) is 10.7 Å². The van der Waals surface area contributed by atoms with Gasteiger partial charge >= 0.3 is 0 Å². The molecule has 0 N–H and O–H groups in total. The summed E-state index contributed by atoms with van der Waals surface area (Å²) >= 11 is 0. The van der Waals surface area contributed by atoms with E-state index < -0.39 is 9.24 Å². The molecule has 102 valence electrons. The maximum atomic E-state index is 7.25. The molecule has 0 heterocycles. The minimum absolute atomic E-state index is 1.04. The van der Waals surface area contributed by atoms with Crippen molar-refractivity contribution in [1.29, 1.82) is 0 Å². The van der Waals surface area contributed by atoms with Gasteiger partial charge in [-0.2, -0.15) is 0 Å². The van der Waals surface area contributed by atoms with Crippen LogP contribution in [-0.2, 0) is 0 Å². The number of hydrogen-bond acceptors (Lipinski definition) is 0. The highest BCUT2D eigenvalue weighted by Crippen LogP contribution is 2.73. The zero-order chi connectivity index (χ0) is 13.8. The second-order valence-corrected chi connectivity index (χ2v) is 8.69. The van der Waals surface area contributed by atoms with E-state index in [0.717, 1.165) is 12.8 Å². The van der Waals surface area contributed by atoms with Crippen LogP contribution in [0.4, 0.5) is 0 Å². The third-order valence-electron chi connectivity index (χ3n) is 3.47. The van der Waals surface area contributed by atoms with Gasteiger partial charge < -0.3 is 0 Å². The van der Waals surface area contributed by atoms with Crippen LogP contribution >= 0.6 is 19.9 Å². The van der Waals surface area contributed by atoms with Crippen molar-refractivity contribution < 1.29 is 0 Å². The minimum atomic E-state index is -1.62. The summed E-state index contributed by atoms with van der Waals surface area (Å²) in [6, 6.07) is 21.0. The van der Waals surface area contributed by atoms with Gasteiger partial charge in [-0.25, -0.2) is 0 Å². The van der Waals surface area contributed by atoms with Crippen molar-refractivity contribution >= 4 is 19.9 Å². The molecule has 0 bridgehead atoms. The fourth-order valence-corrected chi connectivity index (χ4v) is 6.08. The van der Waals surface area contributed by atoms with E-state index in [-0.39, 0.29) is 0 Å². The molecule has 0 nitrogen and oxygen atoms in total. The zero-order valence-electron chi connectivity index (χ0n) is 11.2. The quantitative estimate of drug-likeness (QED) is 0.624. The summed E-state index contributed by atoms with van der Waals surface area (Å²) < 4.78 is 0. The van der Waals surface area contributed by atoms with Crippen molar-refractivity contribution in [2.24, 2.45) is 0 Å². The van der Waals surface area contributed by atoms with Gasteiger partial charge in [-0.1, -0.05) is 74.6 Å². The average molecular weight is 301 g/mol. The van der Waals surface area contributed by atoms with Gasteiger partial charge in [0.2, 0.25) is 0 Å². The number of rotatable bonds is 3. The molecule has 20 heavy (non-hydrogen) atoms. The molecule has 0 fully saturated rings. The molecule has 0 saturated heterocycles. The van der Waals surface area contributed by atoms with Gasteiger partial charge in [0.15, 0.2) is 0 Å². The Morgan fingerprint density at radius 2 is 1.35 bits per heavy atom. The second kappa shape index (κ2) is 5.90. The first kappa shape index (κ1) is 13.5. The Morgan fingerprint density at radius 1 is 0.800 bits per heavy atom. The van der Waals surface area contributed by atoms with Crippen molar-refractivity contribution in [3.05, 3.63) is 83.8 Å². The van der Waals surface area contributed by atoms with Crippen LogP contribution in [0.5, 0.6) is 0 Å². The first-order valence-electron chi connectivity index (χ1n) is 6.81. The topological polar surface area (TPSA) is 0 Å². The molecule has 2 heteroatoms. The number of benzene rings is 2.